The number of para-hydroxylation sites is 1. The third-order valence-electron chi connectivity index (χ3n) is 6.35. The quantitative estimate of drug-likeness (QED) is 0.824. The van der Waals surface area contributed by atoms with Gasteiger partial charge in [-0.3, -0.25) is 9.78 Å². The molecule has 5 rings (SSSR count). The molecule has 0 amide bonds. The number of fused-ring (bicyclic) bond motifs is 3. The van der Waals surface area contributed by atoms with Gasteiger partial charge in [0.1, 0.15) is 5.82 Å². The molecule has 1 fully saturated rings. The van der Waals surface area contributed by atoms with Crippen LogP contribution in [-0.2, 0) is 11.8 Å². The lowest BCUT2D eigenvalue weighted by Crippen LogP contribution is -2.46. The minimum absolute atomic E-state index is 0.0171. The van der Waals surface area contributed by atoms with Gasteiger partial charge in [-0.1, -0.05) is 18.2 Å². The van der Waals surface area contributed by atoms with Crippen molar-refractivity contribution in [3.05, 3.63) is 45.7 Å². The SMILES string of the molecule is CN1CC2(CCN(c3nc4c(c(=O)[nH]3)CCCN4)CC2)c2ccccc21. The van der Waals surface area contributed by atoms with Crippen molar-refractivity contribution >= 4 is 17.5 Å². The molecule has 0 atom stereocenters. The Morgan fingerprint density at radius 2 is 2.00 bits per heavy atom. The lowest BCUT2D eigenvalue weighted by atomic mass is 9.74. The summed E-state index contributed by atoms with van der Waals surface area (Å²) in [6.07, 6.45) is 3.98. The van der Waals surface area contributed by atoms with E-state index in [1.807, 2.05) is 0 Å². The zero-order valence-electron chi connectivity index (χ0n) is 15.2. The maximum Gasteiger partial charge on any atom is 0.257 e. The average molecular weight is 351 g/mol. The second kappa shape index (κ2) is 5.76. The summed E-state index contributed by atoms with van der Waals surface area (Å²) in [6.45, 7) is 3.82. The van der Waals surface area contributed by atoms with Crippen LogP contribution < -0.4 is 20.7 Å². The van der Waals surface area contributed by atoms with Crippen LogP contribution in [-0.4, -0.2) is 43.2 Å². The van der Waals surface area contributed by atoms with Crippen molar-refractivity contribution in [2.24, 2.45) is 0 Å². The Bertz CT molecular complexity index is 897. The summed E-state index contributed by atoms with van der Waals surface area (Å²) in [5.41, 5.74) is 3.90. The molecule has 0 aliphatic carbocycles. The van der Waals surface area contributed by atoms with Crippen LogP contribution in [0.2, 0.25) is 0 Å². The summed E-state index contributed by atoms with van der Waals surface area (Å²) in [7, 11) is 2.19. The lowest BCUT2D eigenvalue weighted by molar-refractivity contribution is 0.351. The van der Waals surface area contributed by atoms with E-state index in [1.54, 1.807) is 0 Å². The molecule has 0 radical (unpaired) electrons. The van der Waals surface area contributed by atoms with Crippen molar-refractivity contribution in [2.75, 3.05) is 48.3 Å². The van der Waals surface area contributed by atoms with E-state index in [-0.39, 0.29) is 11.0 Å². The number of benzene rings is 1. The molecule has 6 nitrogen and oxygen atoms in total. The van der Waals surface area contributed by atoms with Crippen LogP contribution in [0.15, 0.2) is 29.1 Å². The summed E-state index contributed by atoms with van der Waals surface area (Å²) >= 11 is 0. The molecule has 136 valence electrons. The van der Waals surface area contributed by atoms with Crippen molar-refractivity contribution in [1.29, 1.82) is 0 Å². The van der Waals surface area contributed by atoms with Crippen LogP contribution in [0.25, 0.3) is 0 Å². The minimum atomic E-state index is 0.0171. The number of nitrogens with one attached hydrogen (secondary N) is 2. The Morgan fingerprint density at radius 3 is 2.85 bits per heavy atom. The Balaban J connectivity index is 1.40. The van der Waals surface area contributed by atoms with Crippen LogP contribution in [0.3, 0.4) is 0 Å². The van der Waals surface area contributed by atoms with Gasteiger partial charge in [0.2, 0.25) is 5.95 Å². The van der Waals surface area contributed by atoms with Gasteiger partial charge < -0.3 is 15.1 Å². The number of hydrogen-bond acceptors (Lipinski definition) is 5. The van der Waals surface area contributed by atoms with E-state index in [0.717, 1.165) is 69.2 Å². The predicted octanol–water partition coefficient (Wildman–Crippen LogP) is 2.12. The summed E-state index contributed by atoms with van der Waals surface area (Å²) in [5.74, 6) is 1.50. The van der Waals surface area contributed by atoms with Gasteiger partial charge in [0.05, 0.1) is 5.56 Å². The van der Waals surface area contributed by atoms with Gasteiger partial charge in [-0.05, 0) is 37.3 Å². The normalized spacial score (nSPS) is 20.7. The van der Waals surface area contributed by atoms with Crippen molar-refractivity contribution in [3.8, 4) is 0 Å². The Kier molecular flexibility index (Phi) is 3.48. The standard InChI is InChI=1S/C20H25N5O/c1-24-13-20(15-6-2-3-7-16(15)24)8-11-25(12-9-20)19-22-17-14(18(26)23-19)5-4-10-21-17/h2-3,6-7H,4-5,8-13H2,1H3,(H2,21,22,23,26). The molecular formula is C20H25N5O. The third-order valence-corrected chi connectivity index (χ3v) is 6.35. The molecule has 3 aliphatic heterocycles. The number of aromatic amines is 1. The molecule has 1 spiro atoms. The third kappa shape index (κ3) is 2.31. The van der Waals surface area contributed by atoms with Gasteiger partial charge in [-0.15, -0.1) is 0 Å². The van der Waals surface area contributed by atoms with Crippen molar-refractivity contribution in [3.63, 3.8) is 0 Å². The van der Waals surface area contributed by atoms with Gasteiger partial charge in [-0.2, -0.15) is 4.98 Å². The maximum atomic E-state index is 12.4. The highest BCUT2D eigenvalue weighted by Crippen LogP contribution is 2.46. The number of rotatable bonds is 1. The number of H-pyrrole nitrogens is 1. The first-order valence-electron chi connectivity index (χ1n) is 9.59. The highest BCUT2D eigenvalue weighted by Gasteiger charge is 2.43. The van der Waals surface area contributed by atoms with Gasteiger partial charge in [0.25, 0.3) is 5.56 Å². The zero-order valence-corrected chi connectivity index (χ0v) is 15.2. The largest absolute Gasteiger partial charge is 0.373 e. The van der Waals surface area contributed by atoms with Crippen LogP contribution in [0.5, 0.6) is 0 Å². The van der Waals surface area contributed by atoms with Crippen LogP contribution in [0, 0.1) is 0 Å². The van der Waals surface area contributed by atoms with E-state index in [2.05, 4.69) is 51.4 Å². The minimum Gasteiger partial charge on any atom is -0.373 e. The molecule has 0 saturated carbocycles. The molecule has 6 heteroatoms. The van der Waals surface area contributed by atoms with E-state index >= 15 is 0 Å². The van der Waals surface area contributed by atoms with E-state index in [4.69, 9.17) is 4.98 Å². The highest BCUT2D eigenvalue weighted by atomic mass is 16.1. The van der Waals surface area contributed by atoms with Crippen molar-refractivity contribution in [2.45, 2.75) is 31.1 Å². The number of aromatic nitrogens is 2. The molecule has 0 bridgehead atoms. The Hall–Kier alpha value is -2.50. The van der Waals surface area contributed by atoms with Crippen LogP contribution in [0.4, 0.5) is 17.5 Å². The predicted molar refractivity (Wildman–Crippen MR) is 105 cm³/mol. The molecule has 1 aromatic carbocycles. The smallest absolute Gasteiger partial charge is 0.257 e. The van der Waals surface area contributed by atoms with E-state index in [1.165, 1.54) is 11.3 Å². The van der Waals surface area contributed by atoms with Crippen molar-refractivity contribution < 1.29 is 0 Å². The highest BCUT2D eigenvalue weighted by molar-refractivity contribution is 5.62. The first kappa shape index (κ1) is 15.7. The zero-order chi connectivity index (χ0) is 17.7. The first-order valence-corrected chi connectivity index (χ1v) is 9.59. The van der Waals surface area contributed by atoms with Gasteiger partial charge >= 0.3 is 0 Å². The number of nitrogens with zero attached hydrogens (tertiary/aromatic N) is 3. The second-order valence-electron chi connectivity index (χ2n) is 7.89. The Labute approximate surface area is 153 Å². The van der Waals surface area contributed by atoms with Gasteiger partial charge in [0.15, 0.2) is 0 Å². The van der Waals surface area contributed by atoms with Crippen molar-refractivity contribution in [1.82, 2.24) is 9.97 Å². The first-order chi connectivity index (χ1) is 12.7. The fraction of sp³-hybridized carbons (Fsp3) is 0.500. The molecule has 2 aromatic rings. The monoisotopic (exact) mass is 351 g/mol. The molecule has 0 unspecified atom stereocenters. The second-order valence-corrected chi connectivity index (χ2v) is 7.89. The van der Waals surface area contributed by atoms with Gasteiger partial charge in [0, 0.05) is 44.3 Å². The van der Waals surface area contributed by atoms with E-state index in [9.17, 15) is 4.79 Å². The number of likely N-dealkylation sites (N-methyl/N-ethyl adjacent to an activating group) is 1. The Morgan fingerprint density at radius 1 is 1.19 bits per heavy atom. The fourth-order valence-electron chi connectivity index (χ4n) is 4.94. The lowest BCUT2D eigenvalue weighted by Gasteiger charge is -2.40. The maximum absolute atomic E-state index is 12.4. The van der Waals surface area contributed by atoms with E-state index in [0.29, 0.717) is 0 Å². The molecule has 2 N–H and O–H groups in total. The van der Waals surface area contributed by atoms with Crippen LogP contribution >= 0.6 is 0 Å². The fourth-order valence-corrected chi connectivity index (χ4v) is 4.94. The molecule has 26 heavy (non-hydrogen) atoms. The average Bonchev–Trinajstić information content (AvgIpc) is 2.94. The van der Waals surface area contributed by atoms with Gasteiger partial charge in [-0.25, -0.2) is 0 Å². The summed E-state index contributed by atoms with van der Waals surface area (Å²) in [5, 5.41) is 3.29. The summed E-state index contributed by atoms with van der Waals surface area (Å²) in [4.78, 5) is 24.8. The summed E-state index contributed by atoms with van der Waals surface area (Å²) < 4.78 is 0. The molecule has 1 saturated heterocycles. The molecular weight excluding hydrogens is 326 g/mol. The molecule has 4 heterocycles. The summed E-state index contributed by atoms with van der Waals surface area (Å²) in [6, 6.07) is 8.79. The molecule has 3 aliphatic rings. The number of hydrogen-bond donors (Lipinski definition) is 2. The van der Waals surface area contributed by atoms with E-state index < -0.39 is 0 Å². The topological polar surface area (TPSA) is 64.3 Å². The number of anilines is 3. The van der Waals surface area contributed by atoms with Crippen LogP contribution in [0.1, 0.15) is 30.4 Å². The number of piperidine rings is 1. The molecule has 1 aromatic heterocycles.